The van der Waals surface area contributed by atoms with Crippen LogP contribution in [-0.4, -0.2) is 43.5 Å². The lowest BCUT2D eigenvalue weighted by atomic mass is 10.2. The highest BCUT2D eigenvalue weighted by molar-refractivity contribution is 6.31. The van der Waals surface area contributed by atoms with Crippen molar-refractivity contribution in [2.75, 3.05) is 31.3 Å². The number of likely N-dealkylation sites (N-methyl/N-ethyl adjacent to an activating group) is 1. The maximum atomic E-state index is 13.2. The van der Waals surface area contributed by atoms with Crippen molar-refractivity contribution < 1.29 is 18.7 Å². The summed E-state index contributed by atoms with van der Waals surface area (Å²) in [5.41, 5.74) is 0.800. The van der Waals surface area contributed by atoms with Crippen LogP contribution in [0.4, 0.5) is 15.8 Å². The van der Waals surface area contributed by atoms with E-state index < -0.39 is 11.9 Å². The fraction of sp³-hybridized carbons (Fsp3) is 0.263. The van der Waals surface area contributed by atoms with Crippen LogP contribution in [0.2, 0.25) is 5.02 Å². The molecule has 2 aromatic carbocycles. The standard InChI is InChI=1S/C19H21ClFN3O3/c1-12(19(26)23-16-9-13(20)7-8-17(16)27-3)24(2)11-18(25)22-15-6-4-5-14(21)10-15/h4-10,12H,11H2,1-3H3,(H,22,25)(H,23,26)/t12-/m0/s1. The third-order valence-corrected chi connectivity index (χ3v) is 4.20. The minimum atomic E-state index is -0.605. The number of nitrogens with one attached hydrogen (secondary N) is 2. The number of hydrogen-bond donors (Lipinski definition) is 2. The van der Waals surface area contributed by atoms with E-state index in [4.69, 9.17) is 16.3 Å². The predicted molar refractivity (Wildman–Crippen MR) is 104 cm³/mol. The zero-order chi connectivity index (χ0) is 20.0. The number of hydrogen-bond acceptors (Lipinski definition) is 4. The van der Waals surface area contributed by atoms with Gasteiger partial charge in [0, 0.05) is 10.7 Å². The minimum absolute atomic E-state index is 0.0439. The van der Waals surface area contributed by atoms with Gasteiger partial charge in [0.15, 0.2) is 0 Å². The largest absolute Gasteiger partial charge is 0.495 e. The Hall–Kier alpha value is -2.64. The van der Waals surface area contributed by atoms with Gasteiger partial charge in [-0.15, -0.1) is 0 Å². The number of anilines is 2. The second-order valence-electron chi connectivity index (χ2n) is 5.98. The van der Waals surface area contributed by atoms with Gasteiger partial charge in [0.25, 0.3) is 0 Å². The number of carbonyl (C=O) groups excluding carboxylic acids is 2. The molecule has 0 saturated heterocycles. The van der Waals surface area contributed by atoms with Gasteiger partial charge in [-0.1, -0.05) is 17.7 Å². The SMILES string of the molecule is COc1ccc(Cl)cc1NC(=O)[C@H](C)N(C)CC(=O)Nc1cccc(F)c1. The fourth-order valence-electron chi connectivity index (χ4n) is 2.35. The summed E-state index contributed by atoms with van der Waals surface area (Å²) in [5.74, 6) is -0.643. The second-order valence-corrected chi connectivity index (χ2v) is 6.42. The lowest BCUT2D eigenvalue weighted by molar-refractivity contribution is -0.122. The lowest BCUT2D eigenvalue weighted by Gasteiger charge is -2.23. The van der Waals surface area contributed by atoms with Gasteiger partial charge in [-0.3, -0.25) is 14.5 Å². The molecule has 0 radical (unpaired) electrons. The first kappa shape index (κ1) is 20.7. The van der Waals surface area contributed by atoms with Crippen LogP contribution in [0, 0.1) is 5.82 Å². The molecule has 0 fully saturated rings. The molecule has 0 saturated carbocycles. The molecule has 6 nitrogen and oxygen atoms in total. The number of ether oxygens (including phenoxy) is 1. The van der Waals surface area contributed by atoms with E-state index >= 15 is 0 Å². The molecule has 1 atom stereocenters. The maximum absolute atomic E-state index is 13.2. The Bertz CT molecular complexity index is 832. The molecule has 0 heterocycles. The molecule has 2 rings (SSSR count). The van der Waals surface area contributed by atoms with Crippen molar-refractivity contribution in [3.63, 3.8) is 0 Å². The Morgan fingerprint density at radius 1 is 1.22 bits per heavy atom. The van der Waals surface area contributed by atoms with E-state index in [-0.39, 0.29) is 18.4 Å². The molecular formula is C19H21ClFN3O3. The molecule has 8 heteroatoms. The van der Waals surface area contributed by atoms with Crippen molar-refractivity contribution in [2.24, 2.45) is 0 Å². The number of methoxy groups -OCH3 is 1. The molecule has 2 aromatic rings. The molecule has 0 bridgehead atoms. The van der Waals surface area contributed by atoms with E-state index in [2.05, 4.69) is 10.6 Å². The highest BCUT2D eigenvalue weighted by Crippen LogP contribution is 2.27. The maximum Gasteiger partial charge on any atom is 0.241 e. The Morgan fingerprint density at radius 2 is 1.96 bits per heavy atom. The van der Waals surface area contributed by atoms with Crippen LogP contribution in [0.3, 0.4) is 0 Å². The number of amides is 2. The number of halogens is 2. The molecular weight excluding hydrogens is 373 g/mol. The minimum Gasteiger partial charge on any atom is -0.495 e. The van der Waals surface area contributed by atoms with Crippen molar-refractivity contribution in [3.05, 3.63) is 53.3 Å². The Morgan fingerprint density at radius 3 is 2.63 bits per heavy atom. The van der Waals surface area contributed by atoms with Gasteiger partial charge in [-0.05, 0) is 50.4 Å². The number of benzene rings is 2. The Balaban J connectivity index is 1.95. The first-order chi connectivity index (χ1) is 12.8. The van der Waals surface area contributed by atoms with E-state index in [1.807, 2.05) is 0 Å². The van der Waals surface area contributed by atoms with Crippen LogP contribution in [0.1, 0.15) is 6.92 Å². The molecule has 0 aliphatic heterocycles. The molecule has 27 heavy (non-hydrogen) atoms. The summed E-state index contributed by atoms with van der Waals surface area (Å²) < 4.78 is 18.4. The monoisotopic (exact) mass is 393 g/mol. The van der Waals surface area contributed by atoms with Gasteiger partial charge in [0.05, 0.1) is 25.4 Å². The normalized spacial score (nSPS) is 11.8. The number of nitrogens with zero attached hydrogens (tertiary/aromatic N) is 1. The highest BCUT2D eigenvalue weighted by atomic mass is 35.5. The van der Waals surface area contributed by atoms with Crippen molar-refractivity contribution in [3.8, 4) is 5.75 Å². The van der Waals surface area contributed by atoms with Crippen LogP contribution in [0.5, 0.6) is 5.75 Å². The quantitative estimate of drug-likeness (QED) is 0.756. The van der Waals surface area contributed by atoms with Gasteiger partial charge in [-0.2, -0.15) is 0 Å². The summed E-state index contributed by atoms with van der Waals surface area (Å²) in [5, 5.41) is 5.79. The van der Waals surface area contributed by atoms with Crippen molar-refractivity contribution in [2.45, 2.75) is 13.0 Å². The Kier molecular flexibility index (Phi) is 7.15. The van der Waals surface area contributed by atoms with Gasteiger partial charge < -0.3 is 15.4 Å². The summed E-state index contributed by atoms with van der Waals surface area (Å²) in [6.07, 6.45) is 0. The van der Waals surface area contributed by atoms with Crippen LogP contribution >= 0.6 is 11.6 Å². The average Bonchev–Trinajstić information content (AvgIpc) is 2.61. The van der Waals surface area contributed by atoms with E-state index in [0.29, 0.717) is 22.1 Å². The second kappa shape index (κ2) is 9.34. The number of rotatable bonds is 7. The van der Waals surface area contributed by atoms with Gasteiger partial charge in [0.2, 0.25) is 11.8 Å². The summed E-state index contributed by atoms with van der Waals surface area (Å²) in [6, 6.07) is 9.89. The van der Waals surface area contributed by atoms with Crippen molar-refractivity contribution in [1.82, 2.24) is 4.90 Å². The third-order valence-electron chi connectivity index (χ3n) is 3.96. The first-order valence-electron chi connectivity index (χ1n) is 8.20. The fourth-order valence-corrected chi connectivity index (χ4v) is 2.52. The lowest BCUT2D eigenvalue weighted by Crippen LogP contribution is -2.43. The van der Waals surface area contributed by atoms with Crippen molar-refractivity contribution >= 4 is 34.8 Å². The molecule has 0 aliphatic rings. The first-order valence-corrected chi connectivity index (χ1v) is 8.58. The van der Waals surface area contributed by atoms with Gasteiger partial charge in [-0.25, -0.2) is 4.39 Å². The van der Waals surface area contributed by atoms with Crippen molar-refractivity contribution in [1.29, 1.82) is 0 Å². The van der Waals surface area contributed by atoms with Gasteiger partial charge in [0.1, 0.15) is 11.6 Å². The van der Waals surface area contributed by atoms with E-state index in [9.17, 15) is 14.0 Å². The van der Waals surface area contributed by atoms with Crippen LogP contribution in [0.25, 0.3) is 0 Å². The van der Waals surface area contributed by atoms with Gasteiger partial charge >= 0.3 is 0 Å². The topological polar surface area (TPSA) is 70.7 Å². The average molecular weight is 394 g/mol. The van der Waals surface area contributed by atoms with Crippen LogP contribution < -0.4 is 15.4 Å². The summed E-state index contributed by atoms with van der Waals surface area (Å²) in [7, 11) is 3.13. The van der Waals surface area contributed by atoms with Crippen LogP contribution in [-0.2, 0) is 9.59 Å². The van der Waals surface area contributed by atoms with E-state index in [1.54, 1.807) is 43.1 Å². The smallest absolute Gasteiger partial charge is 0.241 e. The Labute approximate surface area is 162 Å². The third kappa shape index (κ3) is 5.94. The molecule has 2 amide bonds. The summed E-state index contributed by atoms with van der Waals surface area (Å²) in [6.45, 7) is 1.62. The molecule has 2 N–H and O–H groups in total. The highest BCUT2D eigenvalue weighted by Gasteiger charge is 2.21. The van der Waals surface area contributed by atoms with E-state index in [0.717, 1.165) is 0 Å². The van der Waals surface area contributed by atoms with E-state index in [1.165, 1.54) is 25.3 Å². The summed E-state index contributed by atoms with van der Waals surface area (Å²) in [4.78, 5) is 26.2. The molecule has 0 spiro atoms. The molecule has 0 unspecified atom stereocenters. The molecule has 0 aliphatic carbocycles. The molecule has 0 aromatic heterocycles. The zero-order valence-corrected chi connectivity index (χ0v) is 16.0. The summed E-state index contributed by atoms with van der Waals surface area (Å²) >= 11 is 5.96. The predicted octanol–water partition coefficient (Wildman–Crippen LogP) is 3.39. The number of carbonyl (C=O) groups is 2. The van der Waals surface area contributed by atoms with Crippen LogP contribution in [0.15, 0.2) is 42.5 Å². The molecule has 144 valence electrons. The zero-order valence-electron chi connectivity index (χ0n) is 15.3.